The van der Waals surface area contributed by atoms with E-state index >= 15 is 0 Å². The number of nitrogens with one attached hydrogen (secondary N) is 1. The van der Waals surface area contributed by atoms with Gasteiger partial charge in [0.25, 0.3) is 0 Å². The summed E-state index contributed by atoms with van der Waals surface area (Å²) in [5.41, 5.74) is 7.66. The Bertz CT molecular complexity index is 406. The normalized spacial score (nSPS) is 20.6. The van der Waals surface area contributed by atoms with E-state index in [0.717, 1.165) is 28.3 Å². The first-order chi connectivity index (χ1) is 8.56. The molecule has 0 radical (unpaired) electrons. The summed E-state index contributed by atoms with van der Waals surface area (Å²) in [6.45, 7) is 8.01. The summed E-state index contributed by atoms with van der Waals surface area (Å²) < 4.78 is 1.04. The van der Waals surface area contributed by atoms with Gasteiger partial charge in [0.15, 0.2) is 0 Å². The van der Waals surface area contributed by atoms with E-state index in [1.807, 2.05) is 18.2 Å². The Labute approximate surface area is 118 Å². The molecule has 0 aliphatic carbocycles. The van der Waals surface area contributed by atoms with Gasteiger partial charge in [-0.25, -0.2) is 0 Å². The van der Waals surface area contributed by atoms with Crippen molar-refractivity contribution in [1.29, 1.82) is 0 Å². The van der Waals surface area contributed by atoms with E-state index < -0.39 is 0 Å². The quantitative estimate of drug-likeness (QED) is 0.839. The number of hydrogen-bond donors (Lipinski definition) is 2. The van der Waals surface area contributed by atoms with Crippen LogP contribution >= 0.6 is 15.9 Å². The fraction of sp³-hybridized carbons (Fsp3) is 0.571. The van der Waals surface area contributed by atoms with Crippen LogP contribution < -0.4 is 11.1 Å². The molecular weight excluding hydrogens is 290 g/mol. The van der Waals surface area contributed by atoms with Gasteiger partial charge in [-0.2, -0.15) is 0 Å². The van der Waals surface area contributed by atoms with Crippen LogP contribution in [0.1, 0.15) is 20.3 Å². The van der Waals surface area contributed by atoms with E-state index in [1.54, 1.807) is 0 Å². The van der Waals surface area contributed by atoms with Gasteiger partial charge in [0.1, 0.15) is 0 Å². The lowest BCUT2D eigenvalue weighted by atomic mass is 10.1. The van der Waals surface area contributed by atoms with Crippen molar-refractivity contribution in [3.63, 3.8) is 0 Å². The molecule has 2 rings (SSSR count). The van der Waals surface area contributed by atoms with E-state index in [0.29, 0.717) is 6.04 Å². The summed E-state index contributed by atoms with van der Waals surface area (Å²) in [5.74, 6) is 0.747. The standard InChI is InChI=1S/C14H22BrN3/c1-10(2)18-6-5-11(9-18)8-17-14-4-3-12(16)7-13(14)15/h3-4,7,10-11,17H,5-6,8-9,16H2,1-2H3. The van der Waals surface area contributed by atoms with Gasteiger partial charge in [-0.3, -0.25) is 0 Å². The lowest BCUT2D eigenvalue weighted by Gasteiger charge is -2.20. The highest BCUT2D eigenvalue weighted by Gasteiger charge is 2.23. The monoisotopic (exact) mass is 311 g/mol. The lowest BCUT2D eigenvalue weighted by Crippen LogP contribution is -2.29. The number of halogens is 1. The molecule has 1 aliphatic heterocycles. The van der Waals surface area contributed by atoms with Crippen molar-refractivity contribution < 1.29 is 0 Å². The van der Waals surface area contributed by atoms with Crippen LogP contribution in [0.15, 0.2) is 22.7 Å². The molecule has 0 aromatic heterocycles. The largest absolute Gasteiger partial charge is 0.399 e. The summed E-state index contributed by atoms with van der Waals surface area (Å²) >= 11 is 3.54. The smallest absolute Gasteiger partial charge is 0.0486 e. The van der Waals surface area contributed by atoms with Crippen molar-refractivity contribution in [2.45, 2.75) is 26.3 Å². The first-order valence-corrected chi connectivity index (χ1v) is 7.38. The molecule has 1 saturated heterocycles. The predicted octanol–water partition coefficient (Wildman–Crippen LogP) is 3.17. The number of benzene rings is 1. The highest BCUT2D eigenvalue weighted by atomic mass is 79.9. The fourth-order valence-corrected chi connectivity index (χ4v) is 2.96. The van der Waals surface area contributed by atoms with Crippen LogP contribution in [0.3, 0.4) is 0 Å². The number of rotatable bonds is 4. The lowest BCUT2D eigenvalue weighted by molar-refractivity contribution is 0.266. The number of nitrogen functional groups attached to an aromatic ring is 1. The zero-order valence-corrected chi connectivity index (χ0v) is 12.7. The molecule has 1 aromatic rings. The Balaban J connectivity index is 1.85. The van der Waals surface area contributed by atoms with Crippen LogP contribution in [0.2, 0.25) is 0 Å². The van der Waals surface area contributed by atoms with Crippen LogP contribution in [-0.2, 0) is 0 Å². The van der Waals surface area contributed by atoms with E-state index in [-0.39, 0.29) is 0 Å². The van der Waals surface area contributed by atoms with Gasteiger partial charge in [-0.05, 0) is 66.9 Å². The molecule has 4 heteroatoms. The third-order valence-electron chi connectivity index (χ3n) is 3.62. The molecule has 3 nitrogen and oxygen atoms in total. The first-order valence-electron chi connectivity index (χ1n) is 6.59. The van der Waals surface area contributed by atoms with Crippen molar-refractivity contribution in [1.82, 2.24) is 4.90 Å². The second-order valence-electron chi connectivity index (χ2n) is 5.36. The van der Waals surface area contributed by atoms with E-state index in [1.165, 1.54) is 19.5 Å². The van der Waals surface area contributed by atoms with Gasteiger partial charge in [-0.15, -0.1) is 0 Å². The minimum absolute atomic E-state index is 0.665. The molecule has 100 valence electrons. The summed E-state index contributed by atoms with van der Waals surface area (Å²) in [4.78, 5) is 2.55. The molecule has 0 amide bonds. The Morgan fingerprint density at radius 1 is 1.50 bits per heavy atom. The van der Waals surface area contributed by atoms with Crippen LogP contribution in [0.4, 0.5) is 11.4 Å². The molecule has 1 atom stereocenters. The number of hydrogen-bond acceptors (Lipinski definition) is 3. The number of nitrogens with two attached hydrogens (primary N) is 1. The molecule has 3 N–H and O–H groups in total. The molecule has 1 aromatic carbocycles. The van der Waals surface area contributed by atoms with Crippen LogP contribution in [0.5, 0.6) is 0 Å². The van der Waals surface area contributed by atoms with Crippen molar-refractivity contribution in [3.8, 4) is 0 Å². The van der Waals surface area contributed by atoms with Crippen molar-refractivity contribution in [3.05, 3.63) is 22.7 Å². The predicted molar refractivity (Wildman–Crippen MR) is 81.9 cm³/mol. The van der Waals surface area contributed by atoms with E-state index in [4.69, 9.17) is 5.73 Å². The Kier molecular flexibility index (Phi) is 4.51. The van der Waals surface area contributed by atoms with Crippen LogP contribution in [0, 0.1) is 5.92 Å². The van der Waals surface area contributed by atoms with Gasteiger partial charge in [0, 0.05) is 35.0 Å². The molecule has 1 aliphatic rings. The molecule has 18 heavy (non-hydrogen) atoms. The van der Waals surface area contributed by atoms with Gasteiger partial charge in [0.05, 0.1) is 0 Å². The van der Waals surface area contributed by atoms with E-state index in [9.17, 15) is 0 Å². The Hall–Kier alpha value is -0.740. The molecular formula is C14H22BrN3. The molecule has 1 heterocycles. The second-order valence-corrected chi connectivity index (χ2v) is 6.22. The van der Waals surface area contributed by atoms with Gasteiger partial charge in [-0.1, -0.05) is 0 Å². The highest BCUT2D eigenvalue weighted by molar-refractivity contribution is 9.10. The zero-order valence-electron chi connectivity index (χ0n) is 11.1. The Morgan fingerprint density at radius 2 is 2.28 bits per heavy atom. The summed E-state index contributed by atoms with van der Waals surface area (Å²) in [7, 11) is 0. The van der Waals surface area contributed by atoms with Gasteiger partial charge in [0.2, 0.25) is 0 Å². The zero-order chi connectivity index (χ0) is 13.1. The van der Waals surface area contributed by atoms with Gasteiger partial charge < -0.3 is 16.0 Å². The fourth-order valence-electron chi connectivity index (χ4n) is 2.43. The van der Waals surface area contributed by atoms with Crippen LogP contribution in [0.25, 0.3) is 0 Å². The van der Waals surface area contributed by atoms with Crippen molar-refractivity contribution >= 4 is 27.3 Å². The number of anilines is 2. The highest BCUT2D eigenvalue weighted by Crippen LogP contribution is 2.26. The maximum absolute atomic E-state index is 5.73. The molecule has 0 spiro atoms. The maximum atomic E-state index is 5.73. The summed E-state index contributed by atoms with van der Waals surface area (Å²) in [6.07, 6.45) is 1.29. The molecule has 0 saturated carbocycles. The van der Waals surface area contributed by atoms with Crippen molar-refractivity contribution in [2.24, 2.45) is 5.92 Å². The minimum atomic E-state index is 0.665. The van der Waals surface area contributed by atoms with Crippen molar-refractivity contribution in [2.75, 3.05) is 30.7 Å². The second kappa shape index (κ2) is 5.93. The summed E-state index contributed by atoms with van der Waals surface area (Å²) in [6, 6.07) is 6.58. The first kappa shape index (κ1) is 13.7. The third kappa shape index (κ3) is 3.39. The SMILES string of the molecule is CC(C)N1CCC(CNc2ccc(N)cc2Br)C1. The number of nitrogens with zero attached hydrogens (tertiary/aromatic N) is 1. The molecule has 0 bridgehead atoms. The number of likely N-dealkylation sites (tertiary alicyclic amines) is 1. The third-order valence-corrected chi connectivity index (χ3v) is 4.28. The maximum Gasteiger partial charge on any atom is 0.0486 e. The average Bonchev–Trinajstić information content (AvgIpc) is 2.76. The minimum Gasteiger partial charge on any atom is -0.399 e. The van der Waals surface area contributed by atoms with Gasteiger partial charge >= 0.3 is 0 Å². The topological polar surface area (TPSA) is 41.3 Å². The molecule has 1 unspecified atom stereocenters. The average molecular weight is 312 g/mol. The van der Waals surface area contributed by atoms with E-state index in [2.05, 4.69) is 40.0 Å². The summed E-state index contributed by atoms with van der Waals surface area (Å²) in [5, 5.41) is 3.51. The Morgan fingerprint density at radius 3 is 2.89 bits per heavy atom. The van der Waals surface area contributed by atoms with Crippen LogP contribution in [-0.4, -0.2) is 30.6 Å². The molecule has 1 fully saturated rings.